The average molecular weight is 376 g/mol. The summed E-state index contributed by atoms with van der Waals surface area (Å²) in [5, 5.41) is 2.17. The van der Waals surface area contributed by atoms with Crippen LogP contribution >= 0.6 is 0 Å². The van der Waals surface area contributed by atoms with Gasteiger partial charge in [-0.3, -0.25) is 4.79 Å². The lowest BCUT2D eigenvalue weighted by atomic mass is 9.98. The highest BCUT2D eigenvalue weighted by Gasteiger charge is 2.31. The lowest BCUT2D eigenvalue weighted by molar-refractivity contribution is -0.146. The Morgan fingerprint density at radius 2 is 1.38 bits per heavy atom. The molecule has 4 aromatic rings. The Hall–Kier alpha value is -3.65. The fourth-order valence-corrected chi connectivity index (χ4v) is 4.28. The fraction of sp³-hybridized carbons (Fsp3) is 0.0741. The van der Waals surface area contributed by atoms with Gasteiger partial charge in [-0.1, -0.05) is 97.6 Å². The van der Waals surface area contributed by atoms with Gasteiger partial charge in [0, 0.05) is 11.1 Å². The zero-order valence-corrected chi connectivity index (χ0v) is 16.0. The van der Waals surface area contributed by atoms with Crippen molar-refractivity contribution in [3.8, 4) is 11.1 Å². The Labute approximate surface area is 170 Å². The average Bonchev–Trinajstić information content (AvgIpc) is 3.08. The molecule has 0 saturated heterocycles. The second-order valence-corrected chi connectivity index (χ2v) is 7.28. The first-order valence-electron chi connectivity index (χ1n) is 9.77. The summed E-state index contributed by atoms with van der Waals surface area (Å²) in [6.07, 6.45) is 1.73. The highest BCUT2D eigenvalue weighted by atomic mass is 16.5. The molecule has 0 bridgehead atoms. The van der Waals surface area contributed by atoms with Crippen molar-refractivity contribution in [1.29, 1.82) is 0 Å². The number of hydrogen-bond donors (Lipinski definition) is 0. The van der Waals surface area contributed by atoms with Crippen LogP contribution in [0.5, 0.6) is 0 Å². The topological polar surface area (TPSA) is 26.3 Å². The van der Waals surface area contributed by atoms with Gasteiger partial charge in [0.1, 0.15) is 0 Å². The summed E-state index contributed by atoms with van der Waals surface area (Å²) in [7, 11) is 0. The van der Waals surface area contributed by atoms with Crippen LogP contribution in [0.3, 0.4) is 0 Å². The molecule has 0 aromatic heterocycles. The molecular weight excluding hydrogens is 356 g/mol. The summed E-state index contributed by atoms with van der Waals surface area (Å²) in [4.78, 5) is 12.9. The predicted molar refractivity (Wildman–Crippen MR) is 118 cm³/mol. The number of ether oxygens (including phenoxy) is 1. The van der Waals surface area contributed by atoms with Gasteiger partial charge < -0.3 is 4.74 Å². The molecule has 4 aromatic carbocycles. The number of esters is 1. The molecule has 0 radical (unpaired) electrons. The van der Waals surface area contributed by atoms with Crippen LogP contribution in [0, 0.1) is 0 Å². The molecule has 0 saturated carbocycles. The van der Waals surface area contributed by atoms with E-state index in [0.29, 0.717) is 0 Å². The largest absolute Gasteiger partial charge is 0.452 e. The van der Waals surface area contributed by atoms with E-state index in [0.717, 1.165) is 44.2 Å². The minimum Gasteiger partial charge on any atom is -0.452 e. The number of benzene rings is 4. The molecule has 0 heterocycles. The molecule has 0 atom stereocenters. The van der Waals surface area contributed by atoms with Crippen LogP contribution in [-0.4, -0.2) is 5.97 Å². The predicted octanol–water partition coefficient (Wildman–Crippen LogP) is 6.34. The van der Waals surface area contributed by atoms with Crippen molar-refractivity contribution in [3.05, 3.63) is 114 Å². The standard InChI is InChI=1S/C27H20O2/c1-2-18-15-16-19(21-10-4-3-9-20(18)21)17-26(28)29-27-24-13-7-5-11-22(24)23-12-6-8-14-25(23)27/h2-16,27H,1,17H2. The Morgan fingerprint density at radius 1 is 0.793 bits per heavy atom. The summed E-state index contributed by atoms with van der Waals surface area (Å²) < 4.78 is 6.01. The van der Waals surface area contributed by atoms with Crippen molar-refractivity contribution >= 4 is 22.8 Å². The molecule has 29 heavy (non-hydrogen) atoms. The Bertz CT molecular complexity index is 1210. The summed E-state index contributed by atoms with van der Waals surface area (Å²) in [6.45, 7) is 3.89. The third kappa shape index (κ3) is 2.94. The molecule has 0 spiro atoms. The fourth-order valence-electron chi connectivity index (χ4n) is 4.28. The van der Waals surface area contributed by atoms with Gasteiger partial charge >= 0.3 is 5.97 Å². The monoisotopic (exact) mass is 376 g/mol. The summed E-state index contributed by atoms with van der Waals surface area (Å²) in [5.74, 6) is -0.224. The van der Waals surface area contributed by atoms with Gasteiger partial charge in [0.2, 0.25) is 0 Å². The second kappa shape index (κ2) is 7.06. The molecule has 0 amide bonds. The highest BCUT2D eigenvalue weighted by molar-refractivity contribution is 5.94. The summed E-state index contributed by atoms with van der Waals surface area (Å²) in [5.41, 5.74) is 6.42. The maximum Gasteiger partial charge on any atom is 0.311 e. The van der Waals surface area contributed by atoms with Crippen LogP contribution < -0.4 is 0 Å². The molecule has 0 fully saturated rings. The highest BCUT2D eigenvalue weighted by Crippen LogP contribution is 2.45. The van der Waals surface area contributed by atoms with Gasteiger partial charge in [-0.25, -0.2) is 0 Å². The first-order chi connectivity index (χ1) is 14.3. The van der Waals surface area contributed by atoms with Crippen molar-refractivity contribution in [2.75, 3.05) is 0 Å². The van der Waals surface area contributed by atoms with Crippen molar-refractivity contribution in [1.82, 2.24) is 0 Å². The van der Waals surface area contributed by atoms with Crippen LogP contribution in [0.1, 0.15) is 28.4 Å². The van der Waals surface area contributed by atoms with E-state index in [1.807, 2.05) is 72.8 Å². The summed E-state index contributed by atoms with van der Waals surface area (Å²) >= 11 is 0. The van der Waals surface area contributed by atoms with Gasteiger partial charge in [0.05, 0.1) is 6.42 Å². The summed E-state index contributed by atoms with van der Waals surface area (Å²) in [6, 6.07) is 28.4. The van der Waals surface area contributed by atoms with E-state index in [1.54, 1.807) is 0 Å². The Kier molecular flexibility index (Phi) is 4.25. The quantitative estimate of drug-likeness (QED) is 0.389. The van der Waals surface area contributed by atoms with Gasteiger partial charge in [0.15, 0.2) is 6.10 Å². The van der Waals surface area contributed by atoms with E-state index < -0.39 is 0 Å². The van der Waals surface area contributed by atoms with Crippen molar-refractivity contribution < 1.29 is 9.53 Å². The van der Waals surface area contributed by atoms with Gasteiger partial charge in [-0.15, -0.1) is 0 Å². The molecular formula is C27H20O2. The van der Waals surface area contributed by atoms with E-state index in [-0.39, 0.29) is 18.5 Å². The van der Waals surface area contributed by atoms with Crippen molar-refractivity contribution in [2.24, 2.45) is 0 Å². The number of carbonyl (C=O) groups is 1. The van der Waals surface area contributed by atoms with E-state index >= 15 is 0 Å². The van der Waals surface area contributed by atoms with Crippen LogP contribution in [-0.2, 0) is 16.0 Å². The normalized spacial score (nSPS) is 12.4. The minimum atomic E-state index is -0.353. The second-order valence-electron chi connectivity index (χ2n) is 7.28. The first kappa shape index (κ1) is 17.4. The maximum absolute atomic E-state index is 12.9. The van der Waals surface area contributed by atoms with Crippen LogP contribution in [0.4, 0.5) is 0 Å². The Balaban J connectivity index is 1.47. The first-order valence-corrected chi connectivity index (χ1v) is 9.77. The Morgan fingerprint density at radius 3 is 2.03 bits per heavy atom. The molecule has 2 nitrogen and oxygen atoms in total. The van der Waals surface area contributed by atoms with E-state index in [4.69, 9.17) is 4.74 Å². The number of rotatable bonds is 4. The molecule has 0 aliphatic heterocycles. The maximum atomic E-state index is 12.9. The zero-order chi connectivity index (χ0) is 19.8. The third-order valence-corrected chi connectivity index (χ3v) is 5.63. The van der Waals surface area contributed by atoms with E-state index in [2.05, 4.69) is 24.8 Å². The van der Waals surface area contributed by atoms with E-state index in [9.17, 15) is 4.79 Å². The van der Waals surface area contributed by atoms with Gasteiger partial charge in [0.25, 0.3) is 0 Å². The lowest BCUT2D eigenvalue weighted by Gasteiger charge is -2.16. The van der Waals surface area contributed by atoms with Crippen LogP contribution in [0.25, 0.3) is 28.0 Å². The lowest BCUT2D eigenvalue weighted by Crippen LogP contribution is -2.13. The van der Waals surface area contributed by atoms with Crippen LogP contribution in [0.15, 0.2) is 91.5 Å². The molecule has 1 aliphatic rings. The number of carbonyl (C=O) groups excluding carboxylic acids is 1. The zero-order valence-electron chi connectivity index (χ0n) is 16.0. The van der Waals surface area contributed by atoms with Crippen molar-refractivity contribution in [3.63, 3.8) is 0 Å². The molecule has 140 valence electrons. The molecule has 5 rings (SSSR count). The van der Waals surface area contributed by atoms with Gasteiger partial charge in [-0.2, -0.15) is 0 Å². The van der Waals surface area contributed by atoms with Crippen LogP contribution in [0.2, 0.25) is 0 Å². The smallest absolute Gasteiger partial charge is 0.311 e. The SMILES string of the molecule is C=Cc1ccc(CC(=O)OC2c3ccccc3-c3ccccc32)c2ccccc12. The van der Waals surface area contributed by atoms with E-state index in [1.165, 1.54) is 0 Å². The number of hydrogen-bond acceptors (Lipinski definition) is 2. The minimum absolute atomic E-state index is 0.224. The molecule has 0 N–H and O–H groups in total. The molecule has 0 unspecified atom stereocenters. The number of fused-ring (bicyclic) bond motifs is 4. The van der Waals surface area contributed by atoms with Crippen molar-refractivity contribution in [2.45, 2.75) is 12.5 Å². The molecule has 2 heteroatoms. The third-order valence-electron chi connectivity index (χ3n) is 5.63. The molecule has 1 aliphatic carbocycles. The van der Waals surface area contributed by atoms with Gasteiger partial charge in [-0.05, 0) is 33.0 Å².